The minimum atomic E-state index is 0.495. The van der Waals surface area contributed by atoms with Gasteiger partial charge in [0.2, 0.25) is 0 Å². The van der Waals surface area contributed by atoms with E-state index in [1.807, 2.05) is 12.1 Å². The summed E-state index contributed by atoms with van der Waals surface area (Å²) in [5.41, 5.74) is 0.878. The zero-order valence-corrected chi connectivity index (χ0v) is 9.52. The first kappa shape index (κ1) is 11.2. The second-order valence-corrected chi connectivity index (χ2v) is 3.44. The average molecular weight is 231 g/mol. The average Bonchev–Trinajstić information content (AvgIpc) is 2.20. The molecule has 0 spiro atoms. The molecule has 76 valence electrons. The van der Waals surface area contributed by atoms with E-state index >= 15 is 0 Å². The molecule has 0 fully saturated rings. The maximum absolute atomic E-state index is 5.74. The molecule has 5 heteroatoms. The van der Waals surface area contributed by atoms with Crippen molar-refractivity contribution in [2.45, 2.75) is 0 Å². The number of anilines is 1. The molecular formula is C9H11ClN2OS. The van der Waals surface area contributed by atoms with Crippen LogP contribution in [-0.2, 0) is 4.84 Å². The molecule has 0 aromatic heterocycles. The summed E-state index contributed by atoms with van der Waals surface area (Å²) < 4.78 is 0. The fourth-order valence-electron chi connectivity index (χ4n) is 0.818. The molecule has 1 rings (SSSR count). The van der Waals surface area contributed by atoms with E-state index in [2.05, 4.69) is 5.32 Å². The fourth-order valence-corrected chi connectivity index (χ4v) is 1.14. The molecule has 0 amide bonds. The van der Waals surface area contributed by atoms with Crippen LogP contribution in [-0.4, -0.2) is 24.3 Å². The van der Waals surface area contributed by atoms with Gasteiger partial charge in [0.15, 0.2) is 5.11 Å². The van der Waals surface area contributed by atoms with Crippen LogP contribution in [0.15, 0.2) is 24.3 Å². The van der Waals surface area contributed by atoms with Gasteiger partial charge in [-0.15, -0.1) is 0 Å². The lowest BCUT2D eigenvalue weighted by Crippen LogP contribution is -2.29. The highest BCUT2D eigenvalue weighted by Gasteiger charge is 2.02. The zero-order chi connectivity index (χ0) is 10.6. The van der Waals surface area contributed by atoms with Crippen LogP contribution in [0.5, 0.6) is 0 Å². The minimum absolute atomic E-state index is 0.495. The van der Waals surface area contributed by atoms with Crippen LogP contribution in [0.25, 0.3) is 0 Å². The Kier molecular flexibility index (Phi) is 4.13. The Morgan fingerprint density at radius 2 is 2.00 bits per heavy atom. The largest absolute Gasteiger partial charge is 0.331 e. The molecule has 14 heavy (non-hydrogen) atoms. The lowest BCUT2D eigenvalue weighted by Gasteiger charge is -2.17. The molecule has 0 unspecified atom stereocenters. The van der Waals surface area contributed by atoms with Crippen molar-refractivity contribution < 1.29 is 4.84 Å². The summed E-state index contributed by atoms with van der Waals surface area (Å²) in [5.74, 6) is 0. The number of thiocarbonyl (C=S) groups is 1. The van der Waals surface area contributed by atoms with Gasteiger partial charge in [-0.25, -0.2) is 5.06 Å². The Labute approximate surface area is 93.6 Å². The van der Waals surface area contributed by atoms with Crippen LogP contribution in [0, 0.1) is 0 Å². The third-order valence-electron chi connectivity index (χ3n) is 1.66. The topological polar surface area (TPSA) is 24.5 Å². The van der Waals surface area contributed by atoms with E-state index in [1.54, 1.807) is 26.3 Å². The summed E-state index contributed by atoms with van der Waals surface area (Å²) in [6.07, 6.45) is 0. The van der Waals surface area contributed by atoms with Crippen LogP contribution < -0.4 is 5.32 Å². The second-order valence-electron chi connectivity index (χ2n) is 2.62. The highest BCUT2D eigenvalue weighted by Crippen LogP contribution is 2.13. The Balaban J connectivity index is 2.60. The molecular weight excluding hydrogens is 220 g/mol. The van der Waals surface area contributed by atoms with Gasteiger partial charge in [-0.2, -0.15) is 0 Å². The van der Waals surface area contributed by atoms with Gasteiger partial charge in [-0.05, 0) is 36.5 Å². The van der Waals surface area contributed by atoms with Crippen molar-refractivity contribution in [1.82, 2.24) is 5.06 Å². The van der Waals surface area contributed by atoms with Crippen molar-refractivity contribution in [3.05, 3.63) is 29.3 Å². The first-order valence-electron chi connectivity index (χ1n) is 3.98. The van der Waals surface area contributed by atoms with Gasteiger partial charge in [-0.1, -0.05) is 11.6 Å². The summed E-state index contributed by atoms with van der Waals surface area (Å²) in [4.78, 5) is 4.91. The van der Waals surface area contributed by atoms with E-state index in [4.69, 9.17) is 28.7 Å². The van der Waals surface area contributed by atoms with Gasteiger partial charge in [0.25, 0.3) is 0 Å². The van der Waals surface area contributed by atoms with E-state index in [0.717, 1.165) is 5.69 Å². The number of benzene rings is 1. The molecule has 1 aromatic rings. The van der Waals surface area contributed by atoms with E-state index in [1.165, 1.54) is 5.06 Å². The van der Waals surface area contributed by atoms with Gasteiger partial charge in [-0.3, -0.25) is 4.84 Å². The van der Waals surface area contributed by atoms with Crippen molar-refractivity contribution in [3.63, 3.8) is 0 Å². The van der Waals surface area contributed by atoms with Gasteiger partial charge in [0.1, 0.15) is 0 Å². The van der Waals surface area contributed by atoms with Crippen molar-refractivity contribution in [2.75, 3.05) is 19.5 Å². The van der Waals surface area contributed by atoms with Crippen molar-refractivity contribution in [2.24, 2.45) is 0 Å². The lowest BCUT2D eigenvalue weighted by molar-refractivity contribution is -0.0391. The summed E-state index contributed by atoms with van der Waals surface area (Å²) in [6.45, 7) is 0. The Morgan fingerprint density at radius 1 is 1.43 bits per heavy atom. The van der Waals surface area contributed by atoms with Crippen molar-refractivity contribution in [1.29, 1.82) is 0 Å². The molecule has 0 bridgehead atoms. The molecule has 0 atom stereocenters. The number of hydroxylamine groups is 2. The second kappa shape index (κ2) is 5.14. The van der Waals surface area contributed by atoms with E-state index in [-0.39, 0.29) is 0 Å². The smallest absolute Gasteiger partial charge is 0.197 e. The molecule has 0 aliphatic rings. The summed E-state index contributed by atoms with van der Waals surface area (Å²) in [7, 11) is 3.28. The van der Waals surface area contributed by atoms with Crippen LogP contribution >= 0.6 is 23.8 Å². The zero-order valence-electron chi connectivity index (χ0n) is 7.95. The molecule has 0 radical (unpaired) electrons. The fraction of sp³-hybridized carbons (Fsp3) is 0.222. The number of hydrogen-bond acceptors (Lipinski definition) is 2. The van der Waals surface area contributed by atoms with Gasteiger partial charge < -0.3 is 5.32 Å². The molecule has 1 N–H and O–H groups in total. The molecule has 1 aromatic carbocycles. The third kappa shape index (κ3) is 3.14. The molecule has 0 aliphatic carbocycles. The number of hydrogen-bond donors (Lipinski definition) is 1. The lowest BCUT2D eigenvalue weighted by atomic mass is 10.3. The molecule has 0 aliphatic heterocycles. The number of halogens is 1. The first-order chi connectivity index (χ1) is 6.63. The van der Waals surface area contributed by atoms with Crippen LogP contribution in [0.4, 0.5) is 5.69 Å². The van der Waals surface area contributed by atoms with Crippen LogP contribution in [0.3, 0.4) is 0 Å². The Hall–Kier alpha value is -0.840. The van der Waals surface area contributed by atoms with Crippen molar-refractivity contribution in [3.8, 4) is 0 Å². The number of nitrogens with one attached hydrogen (secondary N) is 1. The number of nitrogens with zero attached hydrogens (tertiary/aromatic N) is 1. The number of rotatable bonds is 2. The third-order valence-corrected chi connectivity index (χ3v) is 2.27. The standard InChI is InChI=1S/C9H11ClN2OS/c1-12(13-2)9(14)11-8-5-3-7(10)4-6-8/h3-6H,1-2H3,(H,11,14). The molecule has 0 saturated heterocycles. The highest BCUT2D eigenvalue weighted by atomic mass is 35.5. The maximum Gasteiger partial charge on any atom is 0.197 e. The highest BCUT2D eigenvalue weighted by molar-refractivity contribution is 7.80. The maximum atomic E-state index is 5.74. The normalized spacial score (nSPS) is 9.64. The predicted molar refractivity (Wildman–Crippen MR) is 62.4 cm³/mol. The van der Waals surface area contributed by atoms with Gasteiger partial charge in [0.05, 0.1) is 7.11 Å². The van der Waals surface area contributed by atoms with Gasteiger partial charge in [0, 0.05) is 17.8 Å². The molecule has 0 saturated carbocycles. The van der Waals surface area contributed by atoms with E-state index < -0.39 is 0 Å². The molecule has 0 heterocycles. The Morgan fingerprint density at radius 3 is 2.50 bits per heavy atom. The Bertz CT molecular complexity index is 315. The van der Waals surface area contributed by atoms with Crippen LogP contribution in [0.2, 0.25) is 5.02 Å². The predicted octanol–water partition coefficient (Wildman–Crippen LogP) is 2.53. The van der Waals surface area contributed by atoms with Crippen molar-refractivity contribution >= 4 is 34.6 Å². The van der Waals surface area contributed by atoms with E-state index in [0.29, 0.717) is 10.1 Å². The van der Waals surface area contributed by atoms with Gasteiger partial charge >= 0.3 is 0 Å². The summed E-state index contributed by atoms with van der Waals surface area (Å²) >= 11 is 10.8. The van der Waals surface area contributed by atoms with E-state index in [9.17, 15) is 0 Å². The summed E-state index contributed by atoms with van der Waals surface area (Å²) in [6, 6.07) is 7.27. The van der Waals surface area contributed by atoms with Crippen LogP contribution in [0.1, 0.15) is 0 Å². The SMILES string of the molecule is CON(C)C(=S)Nc1ccc(Cl)cc1. The molecule has 3 nitrogen and oxygen atoms in total. The minimum Gasteiger partial charge on any atom is -0.331 e. The first-order valence-corrected chi connectivity index (χ1v) is 4.76. The summed E-state index contributed by atoms with van der Waals surface area (Å²) in [5, 5.41) is 5.65. The quantitative estimate of drug-likeness (QED) is 0.624. The monoisotopic (exact) mass is 230 g/mol.